The first-order chi connectivity index (χ1) is 18.5. The molecule has 1 aliphatic heterocycles. The smallest absolute Gasteiger partial charge is 0.459 e. The lowest BCUT2D eigenvalue weighted by Crippen LogP contribution is -2.46. The quantitative estimate of drug-likeness (QED) is 0.160. The molecule has 0 aliphatic carbocycles. The van der Waals surface area contributed by atoms with E-state index in [1.165, 1.54) is 29.9 Å². The number of aliphatic hydroxyl groups excluding tert-OH is 2. The van der Waals surface area contributed by atoms with Crippen molar-refractivity contribution < 1.29 is 38.1 Å². The highest BCUT2D eigenvalue weighted by molar-refractivity contribution is 7.52. The Morgan fingerprint density at radius 3 is 2.67 bits per heavy atom. The summed E-state index contributed by atoms with van der Waals surface area (Å²) in [5.41, 5.74) is 4.74. The molecule has 1 aliphatic rings. The summed E-state index contributed by atoms with van der Waals surface area (Å²) in [4.78, 5) is 16.3. The van der Waals surface area contributed by atoms with Crippen molar-refractivity contribution in [3.8, 4) is 18.1 Å². The van der Waals surface area contributed by atoms with E-state index < -0.39 is 56.4 Å². The number of anilines is 1. The minimum atomic E-state index is -4.34. The van der Waals surface area contributed by atoms with E-state index in [9.17, 15) is 19.6 Å². The summed E-state index contributed by atoms with van der Waals surface area (Å²) in [5, 5.41) is 28.5. The Labute approximate surface area is 224 Å². The molecule has 5 N–H and O–H groups in total. The maximum atomic E-state index is 13.8. The van der Waals surface area contributed by atoms with Gasteiger partial charge in [-0.2, -0.15) is 10.2 Å². The third-order valence-corrected chi connectivity index (χ3v) is 7.59. The number of nitrogens with zero attached hydrogens (tertiary/aromatic N) is 3. The van der Waals surface area contributed by atoms with Crippen molar-refractivity contribution in [2.24, 2.45) is 0 Å². The molecule has 6 atom stereocenters. The van der Waals surface area contributed by atoms with Gasteiger partial charge in [-0.15, -0.1) is 6.42 Å². The van der Waals surface area contributed by atoms with Gasteiger partial charge >= 0.3 is 13.7 Å². The second kappa shape index (κ2) is 11.3. The predicted molar refractivity (Wildman–Crippen MR) is 139 cm³/mol. The lowest BCUT2D eigenvalue weighted by atomic mass is 9.96. The van der Waals surface area contributed by atoms with E-state index in [2.05, 4.69) is 21.1 Å². The van der Waals surface area contributed by atoms with Gasteiger partial charge < -0.3 is 29.9 Å². The Bertz CT molecular complexity index is 1410. The number of esters is 1. The number of aliphatic hydroxyl groups is 2. The van der Waals surface area contributed by atoms with Crippen molar-refractivity contribution in [3.05, 3.63) is 54.5 Å². The fourth-order valence-corrected chi connectivity index (χ4v) is 5.55. The number of nitrogens with one attached hydrogen (secondary N) is 1. The van der Waals surface area contributed by atoms with Crippen LogP contribution in [-0.2, 0) is 23.4 Å². The Morgan fingerprint density at radius 1 is 1.28 bits per heavy atom. The number of rotatable bonds is 10. The van der Waals surface area contributed by atoms with Gasteiger partial charge in [0, 0.05) is 0 Å². The van der Waals surface area contributed by atoms with E-state index in [1.807, 2.05) is 0 Å². The van der Waals surface area contributed by atoms with Gasteiger partial charge in [0.05, 0.1) is 11.8 Å². The topological polar surface area (TPSA) is 180 Å². The monoisotopic (exact) mass is 559 g/mol. The summed E-state index contributed by atoms with van der Waals surface area (Å²) in [7, 11) is -4.34. The Hall–Kier alpha value is -3.50. The zero-order valence-electron chi connectivity index (χ0n) is 21.5. The maximum absolute atomic E-state index is 13.8. The van der Waals surface area contributed by atoms with Gasteiger partial charge in [-0.25, -0.2) is 14.1 Å². The first kappa shape index (κ1) is 28.5. The van der Waals surface area contributed by atoms with Gasteiger partial charge in [-0.1, -0.05) is 24.1 Å². The number of terminal acetylenes is 1. The molecule has 2 aromatic heterocycles. The molecule has 1 fully saturated rings. The summed E-state index contributed by atoms with van der Waals surface area (Å²) in [6, 6.07) is 10.2. The van der Waals surface area contributed by atoms with Crippen molar-refractivity contribution in [1.82, 2.24) is 19.7 Å². The van der Waals surface area contributed by atoms with E-state index in [4.69, 9.17) is 30.7 Å². The normalized spacial score (nSPS) is 25.2. The first-order valence-electron chi connectivity index (χ1n) is 12.1. The number of carbonyl (C=O) groups is 1. The van der Waals surface area contributed by atoms with Crippen molar-refractivity contribution in [3.63, 3.8) is 0 Å². The summed E-state index contributed by atoms with van der Waals surface area (Å²) in [6.07, 6.45) is 2.25. The SMILES string of the molecule is C#C[C@]1(CO[P@@](=O)(N[C@@H](C)C(=O)OC(C)C)Oc2ccccc2)O[C@@H](c2ccc3c(N)ncnn23)C(O)C1O. The highest BCUT2D eigenvalue weighted by atomic mass is 31.2. The van der Waals surface area contributed by atoms with Gasteiger partial charge in [0.25, 0.3) is 0 Å². The molecular weight excluding hydrogens is 529 g/mol. The molecule has 0 saturated carbocycles. The van der Waals surface area contributed by atoms with Crippen LogP contribution < -0.4 is 15.3 Å². The minimum absolute atomic E-state index is 0.176. The molecule has 39 heavy (non-hydrogen) atoms. The molecule has 0 bridgehead atoms. The summed E-state index contributed by atoms with van der Waals surface area (Å²) in [6.45, 7) is 4.10. The summed E-state index contributed by atoms with van der Waals surface area (Å²) < 4.78 is 37.7. The van der Waals surface area contributed by atoms with Gasteiger partial charge in [0.15, 0.2) is 11.4 Å². The average Bonchev–Trinajstić information content (AvgIpc) is 3.43. The Kier molecular flexibility index (Phi) is 8.27. The molecule has 3 heterocycles. The number of aromatic nitrogens is 3. The van der Waals surface area contributed by atoms with Gasteiger partial charge in [0.1, 0.15) is 48.6 Å². The van der Waals surface area contributed by atoms with E-state index in [-0.39, 0.29) is 11.6 Å². The van der Waals surface area contributed by atoms with Crippen LogP contribution >= 0.6 is 7.75 Å². The molecule has 0 amide bonds. The number of ether oxygens (including phenoxy) is 2. The molecule has 14 heteroatoms. The van der Waals surface area contributed by atoms with Crippen LogP contribution in [0.5, 0.6) is 5.75 Å². The molecule has 1 aromatic carbocycles. The van der Waals surface area contributed by atoms with Crippen LogP contribution in [0.2, 0.25) is 0 Å². The molecule has 3 aromatic rings. The standard InChI is InChI=1S/C25H30N5O8P/c1-5-25(22(32)20(31)21(37-25)18-11-12-19-23(26)27-14-28-30(18)19)13-35-39(34,38-17-9-7-6-8-10-17)29-16(4)24(33)36-15(2)3/h1,6-12,14-16,20-22,31-32H,13H2,2-4H3,(H,29,34)(H2,26,27,28)/t16-,20?,21-,22?,25+,39-/m0/s1. The second-order valence-electron chi connectivity index (χ2n) is 9.22. The molecule has 1 saturated heterocycles. The van der Waals surface area contributed by atoms with Crippen LogP contribution in [0.15, 0.2) is 48.8 Å². The average molecular weight is 560 g/mol. The van der Waals surface area contributed by atoms with Crippen molar-refractivity contribution in [2.75, 3.05) is 12.3 Å². The van der Waals surface area contributed by atoms with E-state index >= 15 is 0 Å². The molecule has 0 spiro atoms. The highest BCUT2D eigenvalue weighted by Gasteiger charge is 2.56. The highest BCUT2D eigenvalue weighted by Crippen LogP contribution is 2.48. The fourth-order valence-electron chi connectivity index (χ4n) is 4.03. The molecule has 4 rings (SSSR count). The Balaban J connectivity index is 1.59. The van der Waals surface area contributed by atoms with Crippen molar-refractivity contribution in [1.29, 1.82) is 0 Å². The number of nitrogen functional groups attached to an aromatic ring is 1. The van der Waals surface area contributed by atoms with Crippen LogP contribution in [0.3, 0.4) is 0 Å². The lowest BCUT2D eigenvalue weighted by Gasteiger charge is -2.29. The molecule has 13 nitrogen and oxygen atoms in total. The molecular formula is C25H30N5O8P. The zero-order valence-corrected chi connectivity index (χ0v) is 22.4. The zero-order chi connectivity index (χ0) is 28.4. The maximum Gasteiger partial charge on any atom is 0.459 e. The summed E-state index contributed by atoms with van der Waals surface area (Å²) >= 11 is 0. The third-order valence-electron chi connectivity index (χ3n) is 5.97. The largest absolute Gasteiger partial charge is 0.462 e. The number of carbonyl (C=O) groups excluding carboxylic acids is 1. The number of nitrogens with two attached hydrogens (primary N) is 1. The third kappa shape index (κ3) is 5.91. The fraction of sp³-hybridized carbons (Fsp3) is 0.400. The van der Waals surface area contributed by atoms with E-state index in [0.717, 1.165) is 0 Å². The van der Waals surface area contributed by atoms with Crippen LogP contribution in [0.1, 0.15) is 32.6 Å². The number of hydrogen-bond acceptors (Lipinski definition) is 11. The number of fused-ring (bicyclic) bond motifs is 1. The molecule has 0 radical (unpaired) electrons. The van der Waals surface area contributed by atoms with Gasteiger partial charge in [-0.3, -0.25) is 9.32 Å². The van der Waals surface area contributed by atoms with Crippen molar-refractivity contribution >= 4 is 25.1 Å². The van der Waals surface area contributed by atoms with Crippen LogP contribution in [-0.4, -0.2) is 67.3 Å². The Morgan fingerprint density at radius 2 is 2.00 bits per heavy atom. The minimum Gasteiger partial charge on any atom is -0.462 e. The number of para-hydroxylation sites is 1. The predicted octanol–water partition coefficient (Wildman–Crippen LogP) is 1.61. The molecule has 2 unspecified atom stereocenters. The van der Waals surface area contributed by atoms with E-state index in [0.29, 0.717) is 11.2 Å². The van der Waals surface area contributed by atoms with Gasteiger partial charge in [-0.05, 0) is 45.0 Å². The van der Waals surface area contributed by atoms with Crippen molar-refractivity contribution in [2.45, 2.75) is 56.8 Å². The number of benzene rings is 1. The number of hydrogen-bond donors (Lipinski definition) is 4. The van der Waals surface area contributed by atoms with E-state index in [1.54, 1.807) is 44.2 Å². The first-order valence-corrected chi connectivity index (χ1v) is 13.6. The van der Waals surface area contributed by atoms with Crippen LogP contribution in [0.4, 0.5) is 5.82 Å². The molecule has 208 valence electrons. The lowest BCUT2D eigenvalue weighted by molar-refractivity contribution is -0.149. The van der Waals surface area contributed by atoms with Crippen LogP contribution in [0, 0.1) is 12.3 Å². The van der Waals surface area contributed by atoms with Crippen LogP contribution in [0.25, 0.3) is 5.52 Å². The van der Waals surface area contributed by atoms with Gasteiger partial charge in [0.2, 0.25) is 0 Å². The summed E-state index contributed by atoms with van der Waals surface area (Å²) in [5.74, 6) is 2.02. The second-order valence-corrected chi connectivity index (χ2v) is 10.9.